The molecule has 2 saturated heterocycles. The second-order valence-corrected chi connectivity index (χ2v) is 14.0. The normalized spacial score (nSPS) is 34.3. The summed E-state index contributed by atoms with van der Waals surface area (Å²) >= 11 is 0. The van der Waals surface area contributed by atoms with E-state index in [-0.39, 0.29) is 29.0 Å². The number of amides is 1. The molecule has 10 heteroatoms. The van der Waals surface area contributed by atoms with E-state index in [0.717, 1.165) is 42.9 Å². The molecule has 1 spiro atoms. The van der Waals surface area contributed by atoms with Gasteiger partial charge in [0, 0.05) is 49.5 Å². The van der Waals surface area contributed by atoms with Crippen molar-refractivity contribution in [3.63, 3.8) is 0 Å². The van der Waals surface area contributed by atoms with Crippen molar-refractivity contribution in [2.24, 2.45) is 17.3 Å². The quantitative estimate of drug-likeness (QED) is 0.207. The topological polar surface area (TPSA) is 84.9 Å². The third kappa shape index (κ3) is 5.11. The summed E-state index contributed by atoms with van der Waals surface area (Å²) in [6.07, 6.45) is 1.20. The minimum absolute atomic E-state index is 0.0684. The van der Waals surface area contributed by atoms with E-state index >= 15 is 0 Å². The molecule has 7 nitrogen and oxygen atoms in total. The lowest BCUT2D eigenvalue weighted by Gasteiger charge is -2.64. The molecule has 2 aliphatic heterocycles. The Morgan fingerprint density at radius 1 is 1.11 bits per heavy atom. The van der Waals surface area contributed by atoms with Gasteiger partial charge in [0.05, 0.1) is 32.3 Å². The SMILES string of the molecule is CC(=O)OC1=CC(O)=C2C[C@@H]3[C@@H]4CCC[C@@H]5OC1(NC(=O)C(=Cc1ccccc1)C(F)(F)F)C2[C@@]54CC[N+]3(C)CCc1ccccc1. The lowest BCUT2D eigenvalue weighted by Crippen LogP contribution is -2.72. The van der Waals surface area contributed by atoms with E-state index in [0.29, 0.717) is 24.8 Å². The van der Waals surface area contributed by atoms with Crippen LogP contribution in [-0.2, 0) is 25.5 Å². The Balaban J connectivity index is 1.32. The molecule has 3 unspecified atom stereocenters. The van der Waals surface area contributed by atoms with E-state index in [1.54, 1.807) is 18.2 Å². The molecule has 1 amide bonds. The van der Waals surface area contributed by atoms with Gasteiger partial charge < -0.3 is 24.4 Å². The Labute approximate surface area is 272 Å². The third-order valence-electron chi connectivity index (χ3n) is 11.6. The lowest BCUT2D eigenvalue weighted by molar-refractivity contribution is -0.946. The van der Waals surface area contributed by atoms with Crippen molar-refractivity contribution in [3.05, 3.63) is 101 Å². The fraction of sp³-hybridized carbons (Fsp3) is 0.459. The number of hydrogen-bond acceptors (Lipinski definition) is 5. The number of nitrogens with zero attached hydrogens (tertiary/aromatic N) is 1. The number of carbonyl (C=O) groups excluding carboxylic acids is 2. The van der Waals surface area contributed by atoms with Crippen LogP contribution in [0, 0.1) is 17.3 Å². The molecule has 7 atom stereocenters. The summed E-state index contributed by atoms with van der Waals surface area (Å²) in [4.78, 5) is 26.3. The van der Waals surface area contributed by atoms with E-state index in [4.69, 9.17) is 9.47 Å². The van der Waals surface area contributed by atoms with Crippen molar-refractivity contribution >= 4 is 18.0 Å². The fourth-order valence-electron chi connectivity index (χ4n) is 9.64. The Morgan fingerprint density at radius 3 is 2.49 bits per heavy atom. The molecule has 5 aliphatic rings. The van der Waals surface area contributed by atoms with Crippen LogP contribution in [0.5, 0.6) is 0 Å². The predicted molar refractivity (Wildman–Crippen MR) is 168 cm³/mol. The molecule has 248 valence electrons. The van der Waals surface area contributed by atoms with E-state index in [1.807, 2.05) is 18.2 Å². The number of allylic oxidation sites excluding steroid dienone is 1. The number of nitrogens with one attached hydrogen (secondary N) is 1. The summed E-state index contributed by atoms with van der Waals surface area (Å²) in [5.74, 6) is -2.92. The standard InChI is InChI=1S/C37H39F3N2O5/c1-23(43)46-32-22-30(44)26-21-29-27-14-9-15-31-35(27,17-19-42(29,2)18-16-24-10-5-3-6-11-24)33(26)36(32,47-31)41-34(45)28(37(38,39)40)20-25-12-7-4-8-13-25/h3-8,10-13,20,22,27,29,31,33H,9,14-19,21H2,1-2H3,(H-,41,44,45)/p+1/t27-,29+,31-,33?,35+,36?,42?/m0/s1. The summed E-state index contributed by atoms with van der Waals surface area (Å²) in [5, 5.41) is 14.2. The molecular weight excluding hydrogens is 609 g/mol. The number of alkyl halides is 3. The van der Waals surface area contributed by atoms with Crippen LogP contribution in [0.15, 0.2) is 89.4 Å². The summed E-state index contributed by atoms with van der Waals surface area (Å²) in [7, 11) is 2.28. The second-order valence-electron chi connectivity index (χ2n) is 14.0. The van der Waals surface area contributed by atoms with Crippen LogP contribution < -0.4 is 5.32 Å². The van der Waals surface area contributed by atoms with Gasteiger partial charge in [0.25, 0.3) is 5.91 Å². The maximum absolute atomic E-state index is 14.5. The number of likely N-dealkylation sites (N-methyl/N-ethyl adjacent to an activating group) is 1. The Bertz CT molecular complexity index is 1670. The highest BCUT2D eigenvalue weighted by Gasteiger charge is 2.77. The lowest BCUT2D eigenvalue weighted by atomic mass is 9.46. The number of carbonyl (C=O) groups is 2. The third-order valence-corrected chi connectivity index (χ3v) is 11.6. The summed E-state index contributed by atoms with van der Waals surface area (Å²) in [6, 6.07) is 18.3. The van der Waals surface area contributed by atoms with Gasteiger partial charge in [-0.2, -0.15) is 13.2 Å². The molecule has 2 heterocycles. The number of rotatable bonds is 7. The van der Waals surface area contributed by atoms with Gasteiger partial charge in [0.1, 0.15) is 11.3 Å². The highest BCUT2D eigenvalue weighted by atomic mass is 19.4. The van der Waals surface area contributed by atoms with Crippen LogP contribution >= 0.6 is 0 Å². The first-order chi connectivity index (χ1) is 22.4. The van der Waals surface area contributed by atoms with Crippen molar-refractivity contribution < 1.29 is 41.8 Å². The number of likely N-dealkylation sites (tertiary alicyclic amines) is 1. The number of esters is 1. The first kappa shape index (κ1) is 31.7. The number of halogens is 3. The van der Waals surface area contributed by atoms with Crippen LogP contribution in [0.2, 0.25) is 0 Å². The van der Waals surface area contributed by atoms with E-state index in [2.05, 4.69) is 24.5 Å². The first-order valence-corrected chi connectivity index (χ1v) is 16.4. The zero-order valence-electron chi connectivity index (χ0n) is 26.6. The fourth-order valence-corrected chi connectivity index (χ4v) is 9.64. The van der Waals surface area contributed by atoms with Crippen LogP contribution in [0.1, 0.15) is 50.2 Å². The van der Waals surface area contributed by atoms with Gasteiger partial charge in [-0.1, -0.05) is 67.1 Å². The van der Waals surface area contributed by atoms with Gasteiger partial charge in [-0.25, -0.2) is 0 Å². The molecule has 2 saturated carbocycles. The maximum Gasteiger partial charge on any atom is 0.421 e. The molecule has 4 fully saturated rings. The van der Waals surface area contributed by atoms with Gasteiger partial charge in [-0.05, 0) is 35.6 Å². The molecule has 0 radical (unpaired) electrons. The van der Waals surface area contributed by atoms with Gasteiger partial charge in [-0.15, -0.1) is 0 Å². The number of aliphatic hydroxyl groups excluding tert-OH is 1. The summed E-state index contributed by atoms with van der Waals surface area (Å²) < 4.78 is 56.8. The van der Waals surface area contributed by atoms with Crippen LogP contribution in [0.25, 0.3) is 6.08 Å². The van der Waals surface area contributed by atoms with Crippen molar-refractivity contribution in [2.45, 2.75) is 69.5 Å². The number of ether oxygens (including phenoxy) is 2. The number of aliphatic hydroxyl groups is 1. The van der Waals surface area contributed by atoms with Gasteiger partial charge >= 0.3 is 12.1 Å². The molecular formula is C37H40F3N2O5+. The molecule has 2 aromatic carbocycles. The van der Waals surface area contributed by atoms with Gasteiger partial charge in [-0.3, -0.25) is 9.59 Å². The molecule has 2 aromatic rings. The molecule has 3 aliphatic carbocycles. The van der Waals surface area contributed by atoms with Gasteiger partial charge in [0.2, 0.25) is 5.72 Å². The van der Waals surface area contributed by atoms with E-state index in [9.17, 15) is 27.9 Å². The van der Waals surface area contributed by atoms with Crippen molar-refractivity contribution in [2.75, 3.05) is 20.1 Å². The minimum Gasteiger partial charge on any atom is -0.508 e. The second kappa shape index (κ2) is 11.4. The zero-order valence-corrected chi connectivity index (χ0v) is 26.6. The van der Waals surface area contributed by atoms with Crippen LogP contribution in [0.4, 0.5) is 13.2 Å². The maximum atomic E-state index is 14.5. The minimum atomic E-state index is -4.98. The molecule has 47 heavy (non-hydrogen) atoms. The highest BCUT2D eigenvalue weighted by molar-refractivity contribution is 6.00. The average molecular weight is 650 g/mol. The largest absolute Gasteiger partial charge is 0.508 e. The number of piperidine rings is 1. The smallest absolute Gasteiger partial charge is 0.421 e. The van der Waals surface area contributed by atoms with Crippen molar-refractivity contribution in [1.29, 1.82) is 0 Å². The first-order valence-electron chi connectivity index (χ1n) is 16.4. The van der Waals surface area contributed by atoms with Crippen LogP contribution in [-0.4, -0.2) is 65.7 Å². The van der Waals surface area contributed by atoms with E-state index in [1.165, 1.54) is 30.7 Å². The number of benzene rings is 2. The van der Waals surface area contributed by atoms with Gasteiger partial charge in [0.15, 0.2) is 5.76 Å². The molecule has 2 bridgehead atoms. The van der Waals surface area contributed by atoms with Crippen molar-refractivity contribution in [1.82, 2.24) is 5.32 Å². The Hall–Kier alpha value is -3.89. The monoisotopic (exact) mass is 649 g/mol. The summed E-state index contributed by atoms with van der Waals surface area (Å²) in [5.41, 5.74) is -1.74. The highest BCUT2D eigenvalue weighted by Crippen LogP contribution is 2.71. The average Bonchev–Trinajstić information content (AvgIpc) is 3.32. The Morgan fingerprint density at radius 2 is 1.81 bits per heavy atom. The number of quaternary nitrogens is 1. The zero-order chi connectivity index (χ0) is 33.2. The number of hydrogen-bond donors (Lipinski definition) is 2. The Kier molecular flexibility index (Phi) is 7.67. The van der Waals surface area contributed by atoms with E-state index < -0.39 is 46.8 Å². The molecule has 2 N–H and O–H groups in total. The predicted octanol–water partition coefficient (Wildman–Crippen LogP) is 6.38. The molecule has 0 aromatic heterocycles. The van der Waals surface area contributed by atoms with Crippen LogP contribution in [0.3, 0.4) is 0 Å². The summed E-state index contributed by atoms with van der Waals surface area (Å²) in [6.45, 7) is 2.90. The van der Waals surface area contributed by atoms with Crippen molar-refractivity contribution in [3.8, 4) is 0 Å². The molecule has 7 rings (SSSR count).